The smallest absolute Gasteiger partial charge is 0.268 e. The number of carbonyl (C=O) groups is 1. The molecule has 3 atom stereocenters. The number of nitrogens with one attached hydrogen (secondary N) is 1. The Balaban J connectivity index is 4.42. The molecule has 3 unspecified atom stereocenters. The number of hydrogen-bond acceptors (Lipinski definition) is 6. The van der Waals surface area contributed by atoms with E-state index in [1.54, 1.807) is 6.08 Å². The molecular formula is C49H87N2O6P. The van der Waals surface area contributed by atoms with Crippen LogP contribution >= 0.6 is 7.82 Å². The van der Waals surface area contributed by atoms with E-state index in [2.05, 4.69) is 92.1 Å². The number of likely N-dealkylation sites (N-methyl/N-ethyl adjacent to an activating group) is 1. The highest BCUT2D eigenvalue weighted by atomic mass is 31.2. The van der Waals surface area contributed by atoms with Crippen LogP contribution in [0.1, 0.15) is 168 Å². The van der Waals surface area contributed by atoms with Gasteiger partial charge in [0.05, 0.1) is 39.9 Å². The van der Waals surface area contributed by atoms with Crippen LogP contribution < -0.4 is 10.2 Å². The molecule has 1 amide bonds. The zero-order valence-electron chi connectivity index (χ0n) is 37.7. The van der Waals surface area contributed by atoms with Gasteiger partial charge in [-0.2, -0.15) is 0 Å². The molecule has 0 spiro atoms. The van der Waals surface area contributed by atoms with Crippen molar-refractivity contribution in [2.24, 2.45) is 0 Å². The molecule has 0 saturated carbocycles. The van der Waals surface area contributed by atoms with Crippen molar-refractivity contribution in [3.05, 3.63) is 85.1 Å². The van der Waals surface area contributed by atoms with Crippen LogP contribution in [0.2, 0.25) is 0 Å². The molecule has 0 radical (unpaired) electrons. The summed E-state index contributed by atoms with van der Waals surface area (Å²) in [6, 6.07) is -0.913. The van der Waals surface area contributed by atoms with Crippen molar-refractivity contribution >= 4 is 13.7 Å². The Kier molecular flexibility index (Phi) is 38.5. The molecule has 0 bridgehead atoms. The number of hydrogen-bond donors (Lipinski definition) is 2. The third-order valence-electron chi connectivity index (χ3n) is 9.59. The van der Waals surface area contributed by atoms with E-state index in [0.717, 1.165) is 83.5 Å². The van der Waals surface area contributed by atoms with Crippen LogP contribution in [0.3, 0.4) is 0 Å². The van der Waals surface area contributed by atoms with Crippen LogP contribution in [0.4, 0.5) is 0 Å². The molecule has 0 aliphatic carbocycles. The standard InChI is InChI=1S/C49H87N2O6P/c1-6-8-10-12-14-16-18-20-21-22-23-24-25-26-27-28-29-31-33-35-37-39-41-43-49(53)50-47(46-57-58(54,55)56-45-44-51(3,4)5)48(52)42-40-38-36-34-32-30-19-17-15-13-11-9-7-2/h8,10,14,16,20-21,23-24,26-27,32,34,40,42,47-48,52H,6-7,9,11-13,15,17-19,22,25,28-31,33,35-39,41,43-46H2,1-5H3,(H-,50,53,54,55)/b10-8-,16-14-,21-20-,24-23-,27-26-,34-32+,42-40+. The molecule has 0 heterocycles. The largest absolute Gasteiger partial charge is 0.756 e. The molecule has 0 rings (SSSR count). The summed E-state index contributed by atoms with van der Waals surface area (Å²) in [7, 11) is 1.22. The molecule has 0 aromatic carbocycles. The molecule has 0 fully saturated rings. The highest BCUT2D eigenvalue weighted by molar-refractivity contribution is 7.45. The van der Waals surface area contributed by atoms with Gasteiger partial charge in [-0.25, -0.2) is 0 Å². The molecule has 2 N–H and O–H groups in total. The molecule has 0 aromatic heterocycles. The fraction of sp³-hybridized carbons (Fsp3) is 0.694. The van der Waals surface area contributed by atoms with Crippen molar-refractivity contribution in [2.45, 2.75) is 180 Å². The minimum absolute atomic E-state index is 0.0134. The number of phosphoric ester groups is 1. The Bertz CT molecular complexity index is 1220. The number of amides is 1. The van der Waals surface area contributed by atoms with Gasteiger partial charge in [0.1, 0.15) is 13.2 Å². The van der Waals surface area contributed by atoms with Crippen LogP contribution in [0, 0.1) is 0 Å². The highest BCUT2D eigenvalue weighted by Crippen LogP contribution is 2.38. The number of quaternary nitrogens is 1. The van der Waals surface area contributed by atoms with Crippen molar-refractivity contribution in [3.8, 4) is 0 Å². The topological polar surface area (TPSA) is 108 Å². The quantitative estimate of drug-likeness (QED) is 0.0276. The lowest BCUT2D eigenvalue weighted by molar-refractivity contribution is -0.870. The van der Waals surface area contributed by atoms with Gasteiger partial charge in [-0.15, -0.1) is 0 Å². The summed E-state index contributed by atoms with van der Waals surface area (Å²) < 4.78 is 23.2. The van der Waals surface area contributed by atoms with Crippen LogP contribution in [-0.4, -0.2) is 68.5 Å². The molecule has 0 aromatic rings. The molecule has 334 valence electrons. The summed E-state index contributed by atoms with van der Waals surface area (Å²) in [5.41, 5.74) is 0. The average molecular weight is 831 g/mol. The summed E-state index contributed by atoms with van der Waals surface area (Å²) in [6.07, 6.45) is 54.9. The average Bonchev–Trinajstić information content (AvgIpc) is 3.17. The van der Waals surface area contributed by atoms with Gasteiger partial charge in [0.25, 0.3) is 7.82 Å². The van der Waals surface area contributed by atoms with Gasteiger partial charge in [0.15, 0.2) is 0 Å². The molecule has 0 aliphatic heterocycles. The highest BCUT2D eigenvalue weighted by Gasteiger charge is 2.23. The first kappa shape index (κ1) is 55.7. The fourth-order valence-corrected chi connectivity index (χ4v) is 6.68. The molecule has 9 heteroatoms. The van der Waals surface area contributed by atoms with Gasteiger partial charge in [0, 0.05) is 6.42 Å². The summed E-state index contributed by atoms with van der Waals surface area (Å²) in [4.78, 5) is 25.3. The summed E-state index contributed by atoms with van der Waals surface area (Å²) >= 11 is 0. The lowest BCUT2D eigenvalue weighted by atomic mass is 10.1. The van der Waals surface area contributed by atoms with Crippen LogP contribution in [-0.2, 0) is 18.4 Å². The normalized spacial score (nSPS) is 15.1. The van der Waals surface area contributed by atoms with Crippen molar-refractivity contribution in [2.75, 3.05) is 40.9 Å². The first-order chi connectivity index (χ1) is 28.0. The zero-order chi connectivity index (χ0) is 42.8. The number of phosphoric acid groups is 1. The van der Waals surface area contributed by atoms with Gasteiger partial charge in [-0.05, 0) is 77.0 Å². The Hall–Kier alpha value is -2.32. The summed E-state index contributed by atoms with van der Waals surface area (Å²) in [6.45, 7) is 4.47. The van der Waals surface area contributed by atoms with Gasteiger partial charge >= 0.3 is 0 Å². The SMILES string of the molecule is CC/C=C\C/C=C\C/C=C\C/C=C\C/C=C\CCCCCCCCCC(=O)NC(COP(=O)([O-])OCC[N+](C)(C)C)C(O)/C=C/CC/C=C/CCCCCCCCC. The van der Waals surface area contributed by atoms with Crippen LogP contribution in [0.5, 0.6) is 0 Å². The van der Waals surface area contributed by atoms with Crippen LogP contribution in [0.15, 0.2) is 85.1 Å². The van der Waals surface area contributed by atoms with E-state index in [9.17, 15) is 19.4 Å². The van der Waals surface area contributed by atoms with Crippen molar-refractivity contribution in [3.63, 3.8) is 0 Å². The number of aliphatic hydroxyl groups excluding tert-OH is 1. The minimum atomic E-state index is -4.60. The Labute approximate surface area is 356 Å². The Morgan fingerprint density at radius 1 is 0.621 bits per heavy atom. The fourth-order valence-electron chi connectivity index (χ4n) is 5.96. The molecule has 58 heavy (non-hydrogen) atoms. The summed E-state index contributed by atoms with van der Waals surface area (Å²) in [5.74, 6) is -0.224. The van der Waals surface area contributed by atoms with Crippen molar-refractivity contribution in [1.82, 2.24) is 5.32 Å². The second kappa shape index (κ2) is 40.1. The monoisotopic (exact) mass is 831 g/mol. The number of carbonyl (C=O) groups excluding carboxylic acids is 1. The third kappa shape index (κ3) is 41.8. The van der Waals surface area contributed by atoms with Gasteiger partial charge in [-0.3, -0.25) is 9.36 Å². The maximum absolute atomic E-state index is 12.9. The Morgan fingerprint density at radius 2 is 1.07 bits per heavy atom. The van der Waals surface area contributed by atoms with E-state index >= 15 is 0 Å². The molecule has 0 saturated heterocycles. The number of nitrogens with zero attached hydrogens (tertiary/aromatic N) is 1. The number of aliphatic hydroxyl groups is 1. The van der Waals surface area contributed by atoms with E-state index < -0.39 is 26.6 Å². The lowest BCUT2D eigenvalue weighted by Crippen LogP contribution is -2.45. The maximum Gasteiger partial charge on any atom is 0.268 e. The second-order valence-corrected chi connectivity index (χ2v) is 17.8. The van der Waals surface area contributed by atoms with Crippen molar-refractivity contribution in [1.29, 1.82) is 0 Å². The first-order valence-corrected chi connectivity index (χ1v) is 24.4. The van der Waals surface area contributed by atoms with E-state index in [-0.39, 0.29) is 12.5 Å². The predicted molar refractivity (Wildman–Crippen MR) is 246 cm³/mol. The minimum Gasteiger partial charge on any atom is -0.756 e. The van der Waals surface area contributed by atoms with Gasteiger partial charge < -0.3 is 28.8 Å². The van der Waals surface area contributed by atoms with E-state index in [0.29, 0.717) is 17.4 Å². The molecule has 8 nitrogen and oxygen atoms in total. The van der Waals surface area contributed by atoms with E-state index in [1.165, 1.54) is 64.2 Å². The van der Waals surface area contributed by atoms with Gasteiger partial charge in [0.2, 0.25) is 5.91 Å². The summed E-state index contributed by atoms with van der Waals surface area (Å²) in [5, 5.41) is 13.7. The number of unbranched alkanes of at least 4 members (excludes halogenated alkanes) is 15. The maximum atomic E-state index is 12.9. The van der Waals surface area contributed by atoms with Crippen LogP contribution in [0.25, 0.3) is 0 Å². The lowest BCUT2D eigenvalue weighted by Gasteiger charge is -2.29. The Morgan fingerprint density at radius 3 is 1.60 bits per heavy atom. The second-order valence-electron chi connectivity index (χ2n) is 16.4. The number of allylic oxidation sites excluding steroid dienone is 13. The van der Waals surface area contributed by atoms with Gasteiger partial charge in [-0.1, -0.05) is 170 Å². The third-order valence-corrected chi connectivity index (χ3v) is 10.6. The van der Waals surface area contributed by atoms with E-state index in [1.807, 2.05) is 27.2 Å². The zero-order valence-corrected chi connectivity index (χ0v) is 38.6. The van der Waals surface area contributed by atoms with E-state index in [4.69, 9.17) is 9.05 Å². The van der Waals surface area contributed by atoms with Crippen molar-refractivity contribution < 1.29 is 32.9 Å². The predicted octanol–water partition coefficient (Wildman–Crippen LogP) is 12.3. The molecule has 0 aliphatic rings. The first-order valence-electron chi connectivity index (χ1n) is 22.9. The number of rotatable bonds is 40. The molecular weight excluding hydrogens is 744 g/mol.